The Hall–Kier alpha value is -2.56. The molecule has 0 aromatic heterocycles. The molecule has 0 aliphatic carbocycles. The van der Waals surface area contributed by atoms with Crippen LogP contribution in [-0.4, -0.2) is 41.5 Å². The molecule has 160 valence electrons. The van der Waals surface area contributed by atoms with Crippen LogP contribution in [0.25, 0.3) is 0 Å². The van der Waals surface area contributed by atoms with Gasteiger partial charge in [0.05, 0.1) is 42.1 Å². The zero-order valence-electron chi connectivity index (χ0n) is 17.3. The first-order valence-electron chi connectivity index (χ1n) is 8.59. The zero-order valence-corrected chi connectivity index (χ0v) is 19.6. The number of nitrogens with one attached hydrogen (secondary N) is 1. The minimum atomic E-state index is 0. The molecule has 0 unspecified atom stereocenters. The molecule has 2 aromatic rings. The Bertz CT molecular complexity index is 830. The number of guanidine groups is 1. The van der Waals surface area contributed by atoms with Gasteiger partial charge in [-0.15, -0.1) is 24.0 Å². The Labute approximate surface area is 188 Å². The lowest BCUT2D eigenvalue weighted by Gasteiger charge is -2.15. The third-order valence-electron chi connectivity index (χ3n) is 4.13. The second-order valence-corrected chi connectivity index (χ2v) is 5.76. The van der Waals surface area contributed by atoms with Crippen LogP contribution in [0.2, 0.25) is 0 Å². The molecule has 0 radical (unpaired) electrons. The highest BCUT2D eigenvalue weighted by atomic mass is 127. The van der Waals surface area contributed by atoms with E-state index >= 15 is 0 Å². The average molecular weight is 517 g/mol. The first-order valence-corrected chi connectivity index (χ1v) is 8.59. The number of hydrogen-bond acceptors (Lipinski definition) is 6. The van der Waals surface area contributed by atoms with Crippen LogP contribution in [0.15, 0.2) is 35.3 Å². The summed E-state index contributed by atoms with van der Waals surface area (Å²) >= 11 is 0. The summed E-state index contributed by atoms with van der Waals surface area (Å²) in [4.78, 5) is 4.36. The van der Waals surface area contributed by atoms with Crippen molar-refractivity contribution in [1.29, 1.82) is 0 Å². The number of aliphatic imine (C=N–C) groups is 1. The van der Waals surface area contributed by atoms with Crippen molar-refractivity contribution in [3.63, 3.8) is 0 Å². The zero-order chi connectivity index (χ0) is 20.5. The van der Waals surface area contributed by atoms with Gasteiger partial charge in [-0.1, -0.05) is 6.07 Å². The Morgan fingerprint density at radius 3 is 1.93 bits per heavy atom. The third-order valence-corrected chi connectivity index (χ3v) is 4.13. The fourth-order valence-corrected chi connectivity index (χ4v) is 2.63. The fraction of sp³-hybridized carbons (Fsp3) is 0.350. The van der Waals surface area contributed by atoms with E-state index < -0.39 is 0 Å². The number of ether oxygens (including phenoxy) is 5. The molecular weight excluding hydrogens is 489 g/mol. The van der Waals surface area contributed by atoms with E-state index in [0.29, 0.717) is 47.8 Å². The van der Waals surface area contributed by atoms with Gasteiger partial charge in [-0.2, -0.15) is 0 Å². The largest absolute Gasteiger partial charge is 0.496 e. The highest BCUT2D eigenvalue weighted by Gasteiger charge is 2.12. The molecule has 0 bridgehead atoms. The van der Waals surface area contributed by atoms with Gasteiger partial charge in [0.2, 0.25) is 0 Å². The van der Waals surface area contributed by atoms with Crippen molar-refractivity contribution < 1.29 is 23.7 Å². The van der Waals surface area contributed by atoms with Crippen LogP contribution in [0.4, 0.5) is 0 Å². The summed E-state index contributed by atoms with van der Waals surface area (Å²) < 4.78 is 26.6. The molecule has 0 amide bonds. The lowest BCUT2D eigenvalue weighted by atomic mass is 10.1. The van der Waals surface area contributed by atoms with E-state index in [9.17, 15) is 0 Å². The van der Waals surface area contributed by atoms with E-state index in [4.69, 9.17) is 29.4 Å². The maximum atomic E-state index is 6.00. The second-order valence-electron chi connectivity index (χ2n) is 5.76. The summed E-state index contributed by atoms with van der Waals surface area (Å²) in [5.41, 5.74) is 7.82. The summed E-state index contributed by atoms with van der Waals surface area (Å²) in [7, 11) is 7.95. The number of methoxy groups -OCH3 is 5. The molecule has 0 aliphatic heterocycles. The van der Waals surface area contributed by atoms with Gasteiger partial charge in [0.15, 0.2) is 29.0 Å². The quantitative estimate of drug-likeness (QED) is 0.300. The van der Waals surface area contributed by atoms with Crippen molar-refractivity contribution in [3.05, 3.63) is 41.5 Å². The minimum Gasteiger partial charge on any atom is -0.496 e. The summed E-state index contributed by atoms with van der Waals surface area (Å²) in [5.74, 6) is 3.50. The van der Waals surface area contributed by atoms with E-state index in [1.807, 2.05) is 24.3 Å². The molecular formula is C20H28IN3O5. The Kier molecular flexibility index (Phi) is 10.2. The van der Waals surface area contributed by atoms with E-state index in [2.05, 4.69) is 10.3 Å². The lowest BCUT2D eigenvalue weighted by molar-refractivity contribution is 0.347. The van der Waals surface area contributed by atoms with Gasteiger partial charge in [0, 0.05) is 18.2 Å². The standard InChI is InChI=1S/C20H27N3O5.HI/c1-24-15-7-6-13(8-17(15)26-3)11-22-20(21)23-12-14-9-18(27-4)19(28-5)10-16(14)25-2;/h6-10H,11-12H2,1-5H3,(H3,21,22,23);1H. The molecule has 0 heterocycles. The van der Waals surface area contributed by atoms with Gasteiger partial charge in [-0.3, -0.25) is 0 Å². The highest BCUT2D eigenvalue weighted by molar-refractivity contribution is 14.0. The lowest BCUT2D eigenvalue weighted by Crippen LogP contribution is -2.31. The number of nitrogens with zero attached hydrogens (tertiary/aromatic N) is 1. The molecule has 3 N–H and O–H groups in total. The van der Waals surface area contributed by atoms with E-state index in [1.165, 1.54) is 0 Å². The molecule has 2 aromatic carbocycles. The maximum absolute atomic E-state index is 6.00. The van der Waals surface area contributed by atoms with E-state index in [-0.39, 0.29) is 24.0 Å². The first-order chi connectivity index (χ1) is 13.6. The van der Waals surface area contributed by atoms with Crippen LogP contribution >= 0.6 is 24.0 Å². The Balaban J connectivity index is 0.00000420. The van der Waals surface area contributed by atoms with Gasteiger partial charge in [0.25, 0.3) is 0 Å². The normalized spacial score (nSPS) is 10.6. The maximum Gasteiger partial charge on any atom is 0.189 e. The van der Waals surface area contributed by atoms with Crippen LogP contribution in [0.3, 0.4) is 0 Å². The summed E-state index contributed by atoms with van der Waals surface area (Å²) in [6.45, 7) is 0.826. The highest BCUT2D eigenvalue weighted by Crippen LogP contribution is 2.34. The number of nitrogens with two attached hydrogens (primary N) is 1. The molecule has 8 nitrogen and oxygen atoms in total. The number of halogens is 1. The van der Waals surface area contributed by atoms with Crippen molar-refractivity contribution in [2.24, 2.45) is 10.7 Å². The van der Waals surface area contributed by atoms with Crippen molar-refractivity contribution in [1.82, 2.24) is 5.32 Å². The van der Waals surface area contributed by atoms with Crippen LogP contribution in [-0.2, 0) is 13.1 Å². The van der Waals surface area contributed by atoms with Crippen LogP contribution in [0, 0.1) is 0 Å². The molecule has 0 saturated carbocycles. The fourth-order valence-electron chi connectivity index (χ4n) is 2.63. The number of rotatable bonds is 9. The van der Waals surface area contributed by atoms with Crippen LogP contribution < -0.4 is 34.7 Å². The second kappa shape index (κ2) is 12.1. The Morgan fingerprint density at radius 1 is 0.793 bits per heavy atom. The van der Waals surface area contributed by atoms with Crippen LogP contribution in [0.1, 0.15) is 11.1 Å². The topological polar surface area (TPSA) is 96.6 Å². The summed E-state index contributed by atoms with van der Waals surface area (Å²) in [6.07, 6.45) is 0. The van der Waals surface area contributed by atoms with Gasteiger partial charge in [-0.25, -0.2) is 4.99 Å². The van der Waals surface area contributed by atoms with Gasteiger partial charge in [0.1, 0.15) is 5.75 Å². The molecule has 2 rings (SSSR count). The van der Waals surface area contributed by atoms with Crippen molar-refractivity contribution in [3.8, 4) is 28.7 Å². The smallest absolute Gasteiger partial charge is 0.189 e. The number of benzene rings is 2. The Morgan fingerprint density at radius 2 is 1.34 bits per heavy atom. The van der Waals surface area contributed by atoms with E-state index in [1.54, 1.807) is 41.6 Å². The van der Waals surface area contributed by atoms with Crippen LogP contribution in [0.5, 0.6) is 28.7 Å². The molecule has 0 aliphatic rings. The van der Waals surface area contributed by atoms with Crippen molar-refractivity contribution in [2.45, 2.75) is 13.1 Å². The summed E-state index contributed by atoms with van der Waals surface area (Å²) in [5, 5.41) is 3.08. The van der Waals surface area contributed by atoms with Gasteiger partial charge >= 0.3 is 0 Å². The molecule has 0 atom stereocenters. The molecule has 9 heteroatoms. The molecule has 0 spiro atoms. The van der Waals surface area contributed by atoms with Crippen molar-refractivity contribution >= 4 is 29.9 Å². The summed E-state index contributed by atoms with van der Waals surface area (Å²) in [6, 6.07) is 9.23. The first kappa shape index (κ1) is 24.5. The minimum absolute atomic E-state index is 0. The third kappa shape index (κ3) is 6.48. The average Bonchev–Trinajstić information content (AvgIpc) is 2.74. The van der Waals surface area contributed by atoms with E-state index in [0.717, 1.165) is 11.1 Å². The number of hydrogen-bond donors (Lipinski definition) is 2. The predicted octanol–water partition coefficient (Wildman–Crippen LogP) is 2.95. The molecule has 0 fully saturated rings. The van der Waals surface area contributed by atoms with Crippen molar-refractivity contribution in [2.75, 3.05) is 35.5 Å². The molecule has 29 heavy (non-hydrogen) atoms. The molecule has 0 saturated heterocycles. The monoisotopic (exact) mass is 517 g/mol. The van der Waals surface area contributed by atoms with Gasteiger partial charge in [-0.05, 0) is 23.8 Å². The predicted molar refractivity (Wildman–Crippen MR) is 123 cm³/mol. The van der Waals surface area contributed by atoms with Gasteiger partial charge < -0.3 is 34.7 Å². The SMILES string of the molecule is COc1cc(OC)c(OC)cc1CNC(N)=NCc1ccc(OC)c(OC)c1.I.